The van der Waals surface area contributed by atoms with Gasteiger partial charge in [0.15, 0.2) is 0 Å². The number of rotatable bonds is 27. The maximum atomic E-state index is 10.8. The van der Waals surface area contributed by atoms with E-state index in [4.69, 9.17) is 9.47 Å². The van der Waals surface area contributed by atoms with Crippen molar-refractivity contribution in [2.45, 2.75) is 117 Å². The Kier molecular flexibility index (Phi) is 25.2. The molecule has 35 heavy (non-hydrogen) atoms. The minimum absolute atomic E-state index is 0.262. The smallest absolute Gasteiger partial charge is 0.0701 e. The molecule has 0 aromatic carbocycles. The molecule has 0 saturated heterocycles. The van der Waals surface area contributed by atoms with E-state index in [-0.39, 0.29) is 24.2 Å². The highest BCUT2D eigenvalue weighted by atomic mass is 16.5. The fourth-order valence-electron chi connectivity index (χ4n) is 3.99. The van der Waals surface area contributed by atoms with Crippen molar-refractivity contribution in [3.05, 3.63) is 0 Å². The standard InChI is InChI=1S/C28H60N2O5/c1-5-8-9-10-11-12-13-14-15-25(4)28(33)24-30(23-27(32)7-3)17-19-35-21-20-34-18-16-29-22-26(31)6-2/h25-29,31-33H,5-24H2,1-4H3. The molecule has 0 aliphatic carbocycles. The Labute approximate surface area is 217 Å². The topological polar surface area (TPSA) is 94.4 Å². The van der Waals surface area contributed by atoms with E-state index >= 15 is 0 Å². The van der Waals surface area contributed by atoms with Gasteiger partial charge < -0.3 is 30.1 Å². The first-order valence-corrected chi connectivity index (χ1v) is 14.6. The van der Waals surface area contributed by atoms with Crippen LogP contribution in [0.4, 0.5) is 0 Å². The molecule has 4 N–H and O–H groups in total. The first-order valence-electron chi connectivity index (χ1n) is 14.6. The van der Waals surface area contributed by atoms with E-state index in [1.807, 2.05) is 13.8 Å². The van der Waals surface area contributed by atoms with E-state index in [0.29, 0.717) is 59.0 Å². The summed E-state index contributed by atoms with van der Waals surface area (Å²) in [6.45, 7) is 13.7. The summed E-state index contributed by atoms with van der Waals surface area (Å²) in [6.07, 6.45) is 11.9. The maximum absolute atomic E-state index is 10.8. The summed E-state index contributed by atoms with van der Waals surface area (Å²) in [4.78, 5) is 2.13. The molecule has 0 aliphatic heterocycles. The van der Waals surface area contributed by atoms with Crippen molar-refractivity contribution in [1.82, 2.24) is 10.2 Å². The average molecular weight is 505 g/mol. The van der Waals surface area contributed by atoms with Gasteiger partial charge in [-0.05, 0) is 25.2 Å². The summed E-state index contributed by atoms with van der Waals surface area (Å²) in [7, 11) is 0. The van der Waals surface area contributed by atoms with E-state index in [9.17, 15) is 15.3 Å². The number of nitrogens with one attached hydrogen (secondary N) is 1. The van der Waals surface area contributed by atoms with Gasteiger partial charge in [0.25, 0.3) is 0 Å². The number of nitrogens with zero attached hydrogens (tertiary/aromatic N) is 1. The number of ether oxygens (including phenoxy) is 2. The Hall–Kier alpha value is -0.280. The molecule has 0 heterocycles. The Balaban J connectivity index is 3.99. The van der Waals surface area contributed by atoms with Crippen LogP contribution in [0, 0.1) is 5.92 Å². The number of unbranched alkanes of at least 4 members (excludes halogenated alkanes) is 7. The lowest BCUT2D eigenvalue weighted by Gasteiger charge is -2.29. The van der Waals surface area contributed by atoms with Crippen molar-refractivity contribution in [1.29, 1.82) is 0 Å². The molecule has 212 valence electrons. The molecule has 4 atom stereocenters. The molecule has 0 fully saturated rings. The molecule has 7 heteroatoms. The zero-order valence-corrected chi connectivity index (χ0v) is 23.6. The van der Waals surface area contributed by atoms with Crippen LogP contribution >= 0.6 is 0 Å². The molecule has 0 bridgehead atoms. The number of hydrogen-bond donors (Lipinski definition) is 4. The minimum atomic E-state index is -0.384. The fraction of sp³-hybridized carbons (Fsp3) is 1.00. The van der Waals surface area contributed by atoms with Crippen molar-refractivity contribution >= 4 is 0 Å². The van der Waals surface area contributed by atoms with Crippen molar-refractivity contribution in [2.75, 3.05) is 59.2 Å². The molecule has 4 unspecified atom stereocenters. The second-order valence-corrected chi connectivity index (χ2v) is 10.1. The summed E-state index contributed by atoms with van der Waals surface area (Å²) < 4.78 is 11.3. The van der Waals surface area contributed by atoms with E-state index < -0.39 is 0 Å². The van der Waals surface area contributed by atoms with Gasteiger partial charge in [-0.1, -0.05) is 79.1 Å². The van der Waals surface area contributed by atoms with Gasteiger partial charge in [0.1, 0.15) is 0 Å². The number of aliphatic hydroxyl groups excluding tert-OH is 3. The van der Waals surface area contributed by atoms with Crippen molar-refractivity contribution in [3.8, 4) is 0 Å². The van der Waals surface area contributed by atoms with E-state index in [1.165, 1.54) is 51.4 Å². The van der Waals surface area contributed by atoms with Crippen LogP contribution in [-0.4, -0.2) is 97.7 Å². The molecule has 0 aliphatic rings. The quantitative estimate of drug-likeness (QED) is 0.126. The molecule has 0 spiro atoms. The Morgan fingerprint density at radius 3 is 1.94 bits per heavy atom. The third-order valence-electron chi connectivity index (χ3n) is 6.75. The van der Waals surface area contributed by atoms with E-state index in [1.54, 1.807) is 0 Å². The summed E-state index contributed by atoms with van der Waals surface area (Å²) in [5.74, 6) is 0.262. The number of hydrogen-bond acceptors (Lipinski definition) is 7. The van der Waals surface area contributed by atoms with E-state index in [0.717, 1.165) is 19.4 Å². The van der Waals surface area contributed by atoms with Crippen LogP contribution in [0.25, 0.3) is 0 Å². The monoisotopic (exact) mass is 504 g/mol. The third-order valence-corrected chi connectivity index (χ3v) is 6.75. The number of aliphatic hydroxyl groups is 3. The molecule has 0 saturated carbocycles. The highest BCUT2D eigenvalue weighted by molar-refractivity contribution is 4.72. The van der Waals surface area contributed by atoms with Crippen LogP contribution in [-0.2, 0) is 9.47 Å². The Morgan fingerprint density at radius 1 is 0.714 bits per heavy atom. The lowest BCUT2D eigenvalue weighted by Crippen LogP contribution is -2.41. The average Bonchev–Trinajstić information content (AvgIpc) is 2.85. The molecule has 0 amide bonds. The summed E-state index contributed by atoms with van der Waals surface area (Å²) >= 11 is 0. The predicted octanol–water partition coefficient (Wildman–Crippen LogP) is 3.98. The van der Waals surface area contributed by atoms with E-state index in [2.05, 4.69) is 24.1 Å². The zero-order chi connectivity index (χ0) is 26.2. The third kappa shape index (κ3) is 22.6. The fourth-order valence-corrected chi connectivity index (χ4v) is 3.99. The minimum Gasteiger partial charge on any atom is -0.392 e. The van der Waals surface area contributed by atoms with Crippen LogP contribution in [0.15, 0.2) is 0 Å². The van der Waals surface area contributed by atoms with Gasteiger partial charge in [-0.2, -0.15) is 0 Å². The molecule has 0 aromatic rings. The van der Waals surface area contributed by atoms with Gasteiger partial charge in [-0.15, -0.1) is 0 Å². The molecule has 7 nitrogen and oxygen atoms in total. The van der Waals surface area contributed by atoms with Gasteiger partial charge in [0.2, 0.25) is 0 Å². The van der Waals surface area contributed by atoms with Gasteiger partial charge >= 0.3 is 0 Å². The second-order valence-electron chi connectivity index (χ2n) is 10.1. The second kappa shape index (κ2) is 25.4. The van der Waals surface area contributed by atoms with Crippen molar-refractivity contribution in [2.24, 2.45) is 5.92 Å². The summed E-state index contributed by atoms with van der Waals surface area (Å²) in [6, 6.07) is 0. The summed E-state index contributed by atoms with van der Waals surface area (Å²) in [5.41, 5.74) is 0. The molecule has 0 aromatic heterocycles. The molecular weight excluding hydrogens is 444 g/mol. The van der Waals surface area contributed by atoms with Crippen LogP contribution in [0.1, 0.15) is 98.3 Å². The molecule has 0 radical (unpaired) electrons. The maximum Gasteiger partial charge on any atom is 0.0701 e. The highest BCUT2D eigenvalue weighted by Crippen LogP contribution is 2.17. The Morgan fingerprint density at radius 2 is 1.31 bits per heavy atom. The zero-order valence-electron chi connectivity index (χ0n) is 23.6. The summed E-state index contributed by atoms with van der Waals surface area (Å²) in [5, 5.41) is 33.6. The Bertz CT molecular complexity index is 430. The van der Waals surface area contributed by atoms with Crippen LogP contribution in [0.5, 0.6) is 0 Å². The van der Waals surface area contributed by atoms with Gasteiger partial charge in [0.05, 0.1) is 44.7 Å². The van der Waals surface area contributed by atoms with Crippen molar-refractivity contribution in [3.63, 3.8) is 0 Å². The molecule has 0 rings (SSSR count). The first-order chi connectivity index (χ1) is 16.9. The lowest BCUT2D eigenvalue weighted by molar-refractivity contribution is 0.0114. The van der Waals surface area contributed by atoms with Gasteiger partial charge in [-0.3, -0.25) is 4.90 Å². The van der Waals surface area contributed by atoms with Crippen LogP contribution in [0.2, 0.25) is 0 Å². The highest BCUT2D eigenvalue weighted by Gasteiger charge is 2.19. The largest absolute Gasteiger partial charge is 0.392 e. The van der Waals surface area contributed by atoms with Gasteiger partial charge in [0, 0.05) is 32.7 Å². The molecular formula is C28H60N2O5. The van der Waals surface area contributed by atoms with Crippen molar-refractivity contribution < 1.29 is 24.8 Å². The normalized spacial score (nSPS) is 15.4. The van der Waals surface area contributed by atoms with Gasteiger partial charge in [-0.25, -0.2) is 0 Å². The predicted molar refractivity (Wildman–Crippen MR) is 146 cm³/mol. The SMILES string of the molecule is CCCCCCCCCCC(C)C(O)CN(CCOCCOCCNCC(O)CC)CC(O)CC. The lowest BCUT2D eigenvalue weighted by atomic mass is 9.96. The van der Waals surface area contributed by atoms with Crippen LogP contribution in [0.3, 0.4) is 0 Å². The van der Waals surface area contributed by atoms with Crippen LogP contribution < -0.4 is 5.32 Å². The first kappa shape index (κ1) is 34.7.